The van der Waals surface area contributed by atoms with E-state index in [1.165, 1.54) is 24.3 Å². The average molecular weight is 385 g/mol. The molecule has 2 aromatic rings. The average Bonchev–Trinajstić information content (AvgIpc) is 3.24. The molecule has 3 rings (SSSR count). The molecule has 0 saturated carbocycles. The molecule has 1 saturated heterocycles. The Labute approximate surface area is 163 Å². The van der Waals surface area contributed by atoms with E-state index in [0.29, 0.717) is 30.2 Å². The first-order valence-electron chi connectivity index (χ1n) is 9.09. The number of hydrogen-bond donors (Lipinski definition) is 2. The highest BCUT2D eigenvalue weighted by molar-refractivity contribution is 5.95. The second-order valence-corrected chi connectivity index (χ2v) is 6.50. The monoisotopic (exact) mass is 385 g/mol. The second-order valence-electron chi connectivity index (χ2n) is 6.50. The lowest BCUT2D eigenvalue weighted by Gasteiger charge is -2.15. The molecule has 0 spiro atoms. The highest BCUT2D eigenvalue weighted by Crippen LogP contribution is 2.29. The number of methoxy groups -OCH3 is 1. The number of hydrogen-bond acceptors (Lipinski definition) is 5. The molecule has 1 aliphatic rings. The summed E-state index contributed by atoms with van der Waals surface area (Å²) in [6.07, 6.45) is 2.18. The van der Waals surface area contributed by atoms with Crippen LogP contribution >= 0.6 is 0 Å². The molecule has 1 aliphatic heterocycles. The van der Waals surface area contributed by atoms with E-state index in [1.54, 1.807) is 7.11 Å². The van der Waals surface area contributed by atoms with E-state index in [4.69, 9.17) is 19.3 Å². The third kappa shape index (κ3) is 5.01. The van der Waals surface area contributed by atoms with Gasteiger partial charge in [-0.25, -0.2) is 4.79 Å². The van der Waals surface area contributed by atoms with Gasteiger partial charge in [0.2, 0.25) is 0 Å². The fourth-order valence-electron chi connectivity index (χ4n) is 2.95. The van der Waals surface area contributed by atoms with Crippen molar-refractivity contribution in [2.24, 2.45) is 0 Å². The van der Waals surface area contributed by atoms with Crippen LogP contribution in [0.15, 0.2) is 42.5 Å². The highest BCUT2D eigenvalue weighted by Gasteiger charge is 2.17. The van der Waals surface area contributed by atoms with Gasteiger partial charge in [-0.15, -0.1) is 0 Å². The zero-order valence-electron chi connectivity index (χ0n) is 15.6. The Bertz CT molecular complexity index is 827. The maximum absolute atomic E-state index is 12.2. The van der Waals surface area contributed by atoms with E-state index in [9.17, 15) is 9.59 Å². The number of carbonyl (C=O) groups is 2. The van der Waals surface area contributed by atoms with Gasteiger partial charge in [-0.3, -0.25) is 4.79 Å². The lowest BCUT2D eigenvalue weighted by atomic mass is 10.1. The third-order valence-corrected chi connectivity index (χ3v) is 4.52. The van der Waals surface area contributed by atoms with Crippen LogP contribution < -0.4 is 14.8 Å². The molecular formula is C21H23NO6. The molecule has 1 amide bonds. The van der Waals surface area contributed by atoms with Gasteiger partial charge in [0.05, 0.1) is 18.8 Å². The van der Waals surface area contributed by atoms with Gasteiger partial charge in [-0.2, -0.15) is 0 Å². The molecule has 0 aromatic heterocycles. The van der Waals surface area contributed by atoms with Gasteiger partial charge in [0.1, 0.15) is 6.61 Å². The van der Waals surface area contributed by atoms with Crippen LogP contribution in [-0.2, 0) is 11.3 Å². The van der Waals surface area contributed by atoms with Crippen LogP contribution in [0.2, 0.25) is 0 Å². The molecule has 2 N–H and O–H groups in total. The van der Waals surface area contributed by atoms with Gasteiger partial charge in [0, 0.05) is 18.7 Å². The van der Waals surface area contributed by atoms with Crippen molar-refractivity contribution < 1.29 is 28.9 Å². The fraction of sp³-hybridized carbons (Fsp3) is 0.333. The van der Waals surface area contributed by atoms with E-state index in [1.807, 2.05) is 18.2 Å². The molecule has 1 fully saturated rings. The number of nitrogens with one attached hydrogen (secondary N) is 1. The second kappa shape index (κ2) is 9.23. The molecule has 7 heteroatoms. The largest absolute Gasteiger partial charge is 0.493 e. The summed E-state index contributed by atoms with van der Waals surface area (Å²) in [6, 6.07) is 11.3. The maximum atomic E-state index is 12.2. The number of benzene rings is 2. The molecule has 1 heterocycles. The Morgan fingerprint density at radius 2 is 1.89 bits per heavy atom. The normalized spacial score (nSPS) is 15.8. The Hall–Kier alpha value is -3.06. The lowest BCUT2D eigenvalue weighted by Crippen LogP contribution is -2.23. The summed E-state index contributed by atoms with van der Waals surface area (Å²) in [5.41, 5.74) is 1.39. The van der Waals surface area contributed by atoms with Crippen LogP contribution in [0.4, 0.5) is 0 Å². The summed E-state index contributed by atoms with van der Waals surface area (Å²) in [5.74, 6) is -0.0802. The smallest absolute Gasteiger partial charge is 0.335 e. The van der Waals surface area contributed by atoms with Gasteiger partial charge in [0.25, 0.3) is 5.91 Å². The van der Waals surface area contributed by atoms with Gasteiger partial charge < -0.3 is 24.6 Å². The van der Waals surface area contributed by atoms with Crippen molar-refractivity contribution in [3.05, 3.63) is 59.2 Å². The predicted octanol–water partition coefficient (Wildman–Crippen LogP) is 2.88. The zero-order valence-corrected chi connectivity index (χ0v) is 15.6. The molecular weight excluding hydrogens is 362 g/mol. The minimum atomic E-state index is -1.03. The summed E-state index contributed by atoms with van der Waals surface area (Å²) in [4.78, 5) is 23.1. The van der Waals surface area contributed by atoms with Crippen molar-refractivity contribution in [1.82, 2.24) is 5.32 Å². The van der Waals surface area contributed by atoms with Crippen LogP contribution in [0.1, 0.15) is 39.1 Å². The number of rotatable bonds is 8. The Morgan fingerprint density at radius 3 is 2.54 bits per heavy atom. The molecule has 0 bridgehead atoms. The van der Waals surface area contributed by atoms with E-state index < -0.39 is 5.97 Å². The lowest BCUT2D eigenvalue weighted by molar-refractivity contribution is 0.0669. The van der Waals surface area contributed by atoms with Gasteiger partial charge in [-0.1, -0.05) is 6.07 Å². The minimum Gasteiger partial charge on any atom is -0.493 e. The van der Waals surface area contributed by atoms with Gasteiger partial charge >= 0.3 is 5.97 Å². The summed E-state index contributed by atoms with van der Waals surface area (Å²) >= 11 is 0. The molecule has 2 aromatic carbocycles. The Balaban J connectivity index is 1.57. The van der Waals surface area contributed by atoms with Crippen LogP contribution in [0.25, 0.3) is 0 Å². The SMILES string of the molecule is COc1cc(CNC(=O)c2ccc(C(=O)O)cc2)ccc1OCC1CCCO1. The maximum Gasteiger partial charge on any atom is 0.335 e. The molecule has 1 unspecified atom stereocenters. The highest BCUT2D eigenvalue weighted by atomic mass is 16.5. The van der Waals surface area contributed by atoms with Crippen LogP contribution in [0.3, 0.4) is 0 Å². The number of aromatic carboxylic acids is 1. The quantitative estimate of drug-likeness (QED) is 0.726. The van der Waals surface area contributed by atoms with Gasteiger partial charge in [-0.05, 0) is 54.8 Å². The van der Waals surface area contributed by atoms with E-state index in [2.05, 4.69) is 5.32 Å². The number of carbonyl (C=O) groups excluding carboxylic acids is 1. The number of carboxylic acid groups (broad SMARTS) is 1. The summed E-state index contributed by atoms with van der Waals surface area (Å²) in [7, 11) is 1.57. The van der Waals surface area contributed by atoms with Crippen molar-refractivity contribution in [3.63, 3.8) is 0 Å². The molecule has 7 nitrogen and oxygen atoms in total. The minimum absolute atomic E-state index is 0.121. The molecule has 0 radical (unpaired) electrons. The third-order valence-electron chi connectivity index (χ3n) is 4.52. The number of carboxylic acids is 1. The van der Waals surface area contributed by atoms with Crippen LogP contribution in [-0.4, -0.2) is 43.4 Å². The first-order chi connectivity index (χ1) is 13.6. The van der Waals surface area contributed by atoms with Crippen LogP contribution in [0, 0.1) is 0 Å². The van der Waals surface area contributed by atoms with Crippen molar-refractivity contribution in [1.29, 1.82) is 0 Å². The summed E-state index contributed by atoms with van der Waals surface area (Å²) in [6.45, 7) is 1.57. The fourth-order valence-corrected chi connectivity index (χ4v) is 2.95. The van der Waals surface area contributed by atoms with Gasteiger partial charge in [0.15, 0.2) is 11.5 Å². The molecule has 28 heavy (non-hydrogen) atoms. The Morgan fingerprint density at radius 1 is 1.14 bits per heavy atom. The van der Waals surface area contributed by atoms with Crippen molar-refractivity contribution in [2.45, 2.75) is 25.5 Å². The van der Waals surface area contributed by atoms with Crippen molar-refractivity contribution >= 4 is 11.9 Å². The Kier molecular flexibility index (Phi) is 6.49. The first kappa shape index (κ1) is 19.7. The predicted molar refractivity (Wildman–Crippen MR) is 102 cm³/mol. The van der Waals surface area contributed by atoms with Crippen LogP contribution in [0.5, 0.6) is 11.5 Å². The van der Waals surface area contributed by atoms with E-state index in [-0.39, 0.29) is 17.6 Å². The number of ether oxygens (including phenoxy) is 3. The zero-order chi connectivity index (χ0) is 19.9. The van der Waals surface area contributed by atoms with E-state index in [0.717, 1.165) is 25.0 Å². The first-order valence-corrected chi connectivity index (χ1v) is 9.09. The summed E-state index contributed by atoms with van der Waals surface area (Å²) < 4.78 is 16.8. The molecule has 148 valence electrons. The molecule has 0 aliphatic carbocycles. The van der Waals surface area contributed by atoms with E-state index >= 15 is 0 Å². The molecule has 1 atom stereocenters. The number of amides is 1. The van der Waals surface area contributed by atoms with Crippen molar-refractivity contribution in [3.8, 4) is 11.5 Å². The summed E-state index contributed by atoms with van der Waals surface area (Å²) in [5, 5.41) is 11.7. The topological polar surface area (TPSA) is 94.1 Å². The van der Waals surface area contributed by atoms with Crippen molar-refractivity contribution in [2.75, 3.05) is 20.3 Å². The standard InChI is InChI=1S/C21H23NO6/c1-26-19-11-14(4-9-18(19)28-13-17-3-2-10-27-17)12-22-20(23)15-5-7-16(8-6-15)21(24)25/h4-9,11,17H,2-3,10,12-13H2,1H3,(H,22,23)(H,24,25).